The lowest BCUT2D eigenvalue weighted by molar-refractivity contribution is -0.145. The zero-order chi connectivity index (χ0) is 16.7. The third-order valence-corrected chi connectivity index (χ3v) is 3.50. The summed E-state index contributed by atoms with van der Waals surface area (Å²) in [6, 6.07) is 5.21. The molecule has 0 N–H and O–H groups in total. The highest BCUT2D eigenvalue weighted by molar-refractivity contribution is 5.81. The molecule has 1 aromatic heterocycles. The fourth-order valence-electron chi connectivity index (χ4n) is 2.37. The van der Waals surface area contributed by atoms with E-state index < -0.39 is 0 Å². The van der Waals surface area contributed by atoms with Crippen LogP contribution in [-0.2, 0) is 14.3 Å². The van der Waals surface area contributed by atoms with E-state index >= 15 is 0 Å². The third-order valence-electron chi connectivity index (χ3n) is 3.50. The van der Waals surface area contributed by atoms with Crippen molar-refractivity contribution in [1.82, 2.24) is 9.88 Å². The number of nitriles is 1. The number of carbonyl (C=O) groups is 2. The molecular weight excluding hydrogens is 298 g/mol. The summed E-state index contributed by atoms with van der Waals surface area (Å²) < 4.78 is 10.5. The number of amides is 1. The molecule has 1 unspecified atom stereocenters. The number of pyridine rings is 1. The third kappa shape index (κ3) is 4.95. The van der Waals surface area contributed by atoms with Gasteiger partial charge in [0, 0.05) is 31.6 Å². The minimum absolute atomic E-state index is 0.0807. The van der Waals surface area contributed by atoms with Gasteiger partial charge in [0.2, 0.25) is 11.8 Å². The van der Waals surface area contributed by atoms with Crippen molar-refractivity contribution in [2.75, 3.05) is 19.7 Å². The molecule has 1 aliphatic rings. The van der Waals surface area contributed by atoms with Crippen LogP contribution in [-0.4, -0.2) is 47.6 Å². The first-order chi connectivity index (χ1) is 11.1. The van der Waals surface area contributed by atoms with Crippen molar-refractivity contribution >= 4 is 11.9 Å². The van der Waals surface area contributed by atoms with Crippen molar-refractivity contribution in [3.63, 3.8) is 0 Å². The molecule has 0 saturated carbocycles. The highest BCUT2D eigenvalue weighted by Crippen LogP contribution is 2.18. The van der Waals surface area contributed by atoms with E-state index in [1.807, 2.05) is 6.07 Å². The molecule has 1 fully saturated rings. The van der Waals surface area contributed by atoms with Gasteiger partial charge in [0.1, 0.15) is 6.10 Å². The van der Waals surface area contributed by atoms with Gasteiger partial charge in [0.25, 0.3) is 0 Å². The van der Waals surface area contributed by atoms with Crippen LogP contribution < -0.4 is 4.74 Å². The lowest BCUT2D eigenvalue weighted by Gasteiger charge is -2.16. The first kappa shape index (κ1) is 16.7. The van der Waals surface area contributed by atoms with Gasteiger partial charge in [-0.3, -0.25) is 9.59 Å². The van der Waals surface area contributed by atoms with Gasteiger partial charge in [-0.1, -0.05) is 0 Å². The molecule has 0 radical (unpaired) electrons. The van der Waals surface area contributed by atoms with Crippen molar-refractivity contribution < 1.29 is 19.1 Å². The van der Waals surface area contributed by atoms with Gasteiger partial charge < -0.3 is 14.4 Å². The molecule has 0 aliphatic carbocycles. The molecule has 7 heteroatoms. The summed E-state index contributed by atoms with van der Waals surface area (Å²) in [5.41, 5.74) is 0.482. The molecule has 1 aromatic rings. The van der Waals surface area contributed by atoms with Crippen molar-refractivity contribution in [1.29, 1.82) is 5.26 Å². The van der Waals surface area contributed by atoms with E-state index in [2.05, 4.69) is 4.98 Å². The first-order valence-electron chi connectivity index (χ1n) is 7.58. The Morgan fingerprint density at radius 1 is 1.48 bits per heavy atom. The van der Waals surface area contributed by atoms with E-state index in [0.29, 0.717) is 37.6 Å². The van der Waals surface area contributed by atoms with Crippen molar-refractivity contribution in [3.05, 3.63) is 23.9 Å². The first-order valence-corrected chi connectivity index (χ1v) is 7.58. The minimum Gasteiger partial charge on any atom is -0.472 e. The molecule has 2 rings (SSSR count). The lowest BCUT2D eigenvalue weighted by Crippen LogP contribution is -2.31. The number of carbonyl (C=O) groups excluding carboxylic acids is 2. The van der Waals surface area contributed by atoms with Crippen LogP contribution in [0.5, 0.6) is 5.88 Å². The molecule has 23 heavy (non-hydrogen) atoms. The molecule has 0 bridgehead atoms. The molecule has 2 heterocycles. The number of esters is 1. The second-order valence-corrected chi connectivity index (χ2v) is 5.17. The predicted octanol–water partition coefficient (Wildman–Crippen LogP) is 1.28. The van der Waals surface area contributed by atoms with Crippen LogP contribution >= 0.6 is 0 Å². The van der Waals surface area contributed by atoms with Gasteiger partial charge in [0.05, 0.1) is 31.2 Å². The number of rotatable bonds is 6. The number of hydrogen-bond donors (Lipinski definition) is 0. The average Bonchev–Trinajstić information content (AvgIpc) is 3.01. The summed E-state index contributed by atoms with van der Waals surface area (Å²) in [6.45, 7) is 3.10. The molecule has 1 amide bonds. The maximum atomic E-state index is 12.1. The Balaban J connectivity index is 1.80. The number of hydrogen-bond acceptors (Lipinski definition) is 6. The van der Waals surface area contributed by atoms with Crippen molar-refractivity contribution in [2.24, 2.45) is 0 Å². The molecule has 7 nitrogen and oxygen atoms in total. The van der Waals surface area contributed by atoms with Gasteiger partial charge in [-0.05, 0) is 13.0 Å². The summed E-state index contributed by atoms with van der Waals surface area (Å²) in [6.07, 6.45) is 2.31. The van der Waals surface area contributed by atoms with E-state index in [1.165, 1.54) is 6.20 Å². The SMILES string of the molecule is CCOC(=O)CCC(=O)N1CCC(Oc2cc(C#N)ccn2)C1. The zero-order valence-electron chi connectivity index (χ0n) is 13.0. The monoisotopic (exact) mass is 317 g/mol. The highest BCUT2D eigenvalue weighted by atomic mass is 16.5. The van der Waals surface area contributed by atoms with E-state index in [1.54, 1.807) is 24.0 Å². The topological polar surface area (TPSA) is 92.5 Å². The second-order valence-electron chi connectivity index (χ2n) is 5.17. The maximum Gasteiger partial charge on any atom is 0.306 e. The van der Waals surface area contributed by atoms with Crippen LogP contribution in [0.25, 0.3) is 0 Å². The van der Waals surface area contributed by atoms with Crippen LogP contribution in [0.15, 0.2) is 18.3 Å². The molecular formula is C16H19N3O4. The molecule has 1 saturated heterocycles. The summed E-state index contributed by atoms with van der Waals surface area (Å²) in [5, 5.41) is 8.86. The van der Waals surface area contributed by atoms with Gasteiger partial charge in [0.15, 0.2) is 0 Å². The van der Waals surface area contributed by atoms with Gasteiger partial charge in [-0.25, -0.2) is 4.98 Å². The summed E-state index contributed by atoms with van der Waals surface area (Å²) >= 11 is 0. The van der Waals surface area contributed by atoms with E-state index in [0.717, 1.165) is 0 Å². The fourth-order valence-corrected chi connectivity index (χ4v) is 2.37. The Morgan fingerprint density at radius 3 is 3.04 bits per heavy atom. The number of nitrogens with zero attached hydrogens (tertiary/aromatic N) is 3. The smallest absolute Gasteiger partial charge is 0.306 e. The summed E-state index contributed by atoms with van der Waals surface area (Å²) in [4.78, 5) is 29.1. The quantitative estimate of drug-likeness (QED) is 0.734. The minimum atomic E-state index is -0.356. The Kier molecular flexibility index (Phi) is 5.92. The number of aromatic nitrogens is 1. The lowest BCUT2D eigenvalue weighted by atomic mass is 10.3. The Bertz CT molecular complexity index is 612. The van der Waals surface area contributed by atoms with Gasteiger partial charge >= 0.3 is 5.97 Å². The van der Waals surface area contributed by atoms with Crippen molar-refractivity contribution in [3.8, 4) is 11.9 Å². The standard InChI is InChI=1S/C16H19N3O4/c1-2-22-16(21)4-3-15(20)19-8-6-13(11-19)23-14-9-12(10-17)5-7-18-14/h5,7,9,13H,2-4,6,8,11H2,1H3. The zero-order valence-corrected chi connectivity index (χ0v) is 13.0. The van der Waals surface area contributed by atoms with Gasteiger partial charge in [-0.2, -0.15) is 5.26 Å². The van der Waals surface area contributed by atoms with Gasteiger partial charge in [-0.15, -0.1) is 0 Å². The maximum absolute atomic E-state index is 12.1. The Hall–Kier alpha value is -2.62. The van der Waals surface area contributed by atoms with Crippen LogP contribution in [0, 0.1) is 11.3 Å². The van der Waals surface area contributed by atoms with E-state index in [4.69, 9.17) is 14.7 Å². The van der Waals surface area contributed by atoms with Crippen LogP contribution in [0.1, 0.15) is 31.7 Å². The summed E-state index contributed by atoms with van der Waals surface area (Å²) in [5.74, 6) is -0.0527. The molecule has 0 spiro atoms. The normalized spacial score (nSPS) is 16.7. The fraction of sp³-hybridized carbons (Fsp3) is 0.500. The van der Waals surface area contributed by atoms with Crippen molar-refractivity contribution in [2.45, 2.75) is 32.3 Å². The highest BCUT2D eigenvalue weighted by Gasteiger charge is 2.28. The molecule has 1 atom stereocenters. The van der Waals surface area contributed by atoms with Crippen LogP contribution in [0.4, 0.5) is 0 Å². The van der Waals surface area contributed by atoms with Crippen LogP contribution in [0.2, 0.25) is 0 Å². The number of ether oxygens (including phenoxy) is 2. The Labute approximate surface area is 134 Å². The largest absolute Gasteiger partial charge is 0.472 e. The van der Waals surface area contributed by atoms with Crippen LogP contribution in [0.3, 0.4) is 0 Å². The molecule has 0 aromatic carbocycles. The van der Waals surface area contributed by atoms with E-state index in [9.17, 15) is 9.59 Å². The number of likely N-dealkylation sites (tertiary alicyclic amines) is 1. The summed E-state index contributed by atoms with van der Waals surface area (Å²) in [7, 11) is 0. The molecule has 122 valence electrons. The second kappa shape index (κ2) is 8.13. The van der Waals surface area contributed by atoms with E-state index in [-0.39, 0.29) is 30.8 Å². The predicted molar refractivity (Wildman–Crippen MR) is 80.4 cm³/mol. The molecule has 1 aliphatic heterocycles. The Morgan fingerprint density at radius 2 is 2.30 bits per heavy atom. The average molecular weight is 317 g/mol.